The van der Waals surface area contributed by atoms with Gasteiger partial charge < -0.3 is 4.90 Å². The Bertz CT molecular complexity index is 306. The maximum absolute atomic E-state index is 11.1. The molecule has 0 aliphatic carbocycles. The zero-order valence-electron chi connectivity index (χ0n) is 10.6. The average molecular weight is 235 g/mol. The van der Waals surface area contributed by atoms with Gasteiger partial charge in [-0.15, -0.1) is 0 Å². The first-order valence-corrected chi connectivity index (χ1v) is 6.30. The predicted octanol–water partition coefficient (Wildman–Crippen LogP) is 2.44. The molecule has 0 bridgehead atoms. The molecule has 94 valence electrons. The van der Waals surface area contributed by atoms with Crippen molar-refractivity contribution in [1.82, 2.24) is 9.80 Å². The summed E-state index contributed by atoms with van der Waals surface area (Å²) in [4.78, 5) is 15.0. The first kappa shape index (κ1) is 13.6. The van der Waals surface area contributed by atoms with Crippen LogP contribution in [0.3, 0.4) is 0 Å². The van der Waals surface area contributed by atoms with E-state index in [1.165, 1.54) is 12.8 Å². The van der Waals surface area contributed by atoms with Crippen molar-refractivity contribution in [2.24, 2.45) is 0 Å². The predicted molar refractivity (Wildman–Crippen MR) is 66.5 cm³/mol. The van der Waals surface area contributed by atoms with Crippen LogP contribution in [0, 0.1) is 11.3 Å². The summed E-state index contributed by atoms with van der Waals surface area (Å²) in [5.74, 6) is 0.0975. The molecule has 0 saturated carbocycles. The lowest BCUT2D eigenvalue weighted by Crippen LogP contribution is -2.29. The third-order valence-electron chi connectivity index (χ3n) is 2.93. The van der Waals surface area contributed by atoms with Crippen LogP contribution in [0.15, 0.2) is 12.4 Å². The van der Waals surface area contributed by atoms with E-state index in [0.29, 0.717) is 13.1 Å². The first-order chi connectivity index (χ1) is 8.24. The summed E-state index contributed by atoms with van der Waals surface area (Å²) in [6, 6.07) is 2.16. The maximum atomic E-state index is 11.1. The van der Waals surface area contributed by atoms with Crippen molar-refractivity contribution >= 4 is 5.91 Å². The fraction of sp³-hybridized carbons (Fsp3) is 0.692. The molecule has 0 spiro atoms. The fourth-order valence-corrected chi connectivity index (χ4v) is 1.86. The van der Waals surface area contributed by atoms with E-state index in [0.717, 1.165) is 25.8 Å². The Morgan fingerprint density at radius 3 is 2.59 bits per heavy atom. The monoisotopic (exact) mass is 235 g/mol. The highest BCUT2D eigenvalue weighted by Gasteiger charge is 2.14. The van der Waals surface area contributed by atoms with Crippen LogP contribution < -0.4 is 0 Å². The summed E-state index contributed by atoms with van der Waals surface area (Å²) >= 11 is 0. The van der Waals surface area contributed by atoms with Gasteiger partial charge in [-0.25, -0.2) is 0 Å². The molecule has 0 fully saturated rings. The van der Waals surface area contributed by atoms with Gasteiger partial charge in [0.2, 0.25) is 5.91 Å². The molecule has 1 aliphatic heterocycles. The molecular formula is C13H21N3O. The van der Waals surface area contributed by atoms with Crippen LogP contribution in [0.25, 0.3) is 0 Å². The summed E-state index contributed by atoms with van der Waals surface area (Å²) in [7, 11) is 0. The molecule has 0 aromatic heterocycles. The minimum Gasteiger partial charge on any atom is -0.358 e. The molecule has 4 nitrogen and oxygen atoms in total. The molecule has 1 rings (SSSR count). The van der Waals surface area contributed by atoms with E-state index in [1.54, 1.807) is 11.8 Å². The number of amides is 1. The molecule has 0 atom stereocenters. The van der Waals surface area contributed by atoms with Gasteiger partial charge >= 0.3 is 0 Å². The first-order valence-electron chi connectivity index (χ1n) is 6.30. The standard InChI is InChI=1S/C13H21N3O/c1-13(17)16-11-10-15(12-16)9-7-5-3-2-4-6-8-14/h10-11H,2-7,9,12H2,1H3. The van der Waals surface area contributed by atoms with Crippen molar-refractivity contribution in [3.8, 4) is 6.07 Å². The quantitative estimate of drug-likeness (QED) is 0.637. The molecule has 1 heterocycles. The van der Waals surface area contributed by atoms with E-state index < -0.39 is 0 Å². The number of hydrogen-bond donors (Lipinski definition) is 0. The maximum Gasteiger partial charge on any atom is 0.224 e. The number of hydrogen-bond acceptors (Lipinski definition) is 3. The lowest BCUT2D eigenvalue weighted by Gasteiger charge is -2.18. The van der Waals surface area contributed by atoms with Gasteiger partial charge in [-0.2, -0.15) is 5.26 Å². The minimum atomic E-state index is 0.0975. The number of carbonyl (C=O) groups excluding carboxylic acids is 1. The Kier molecular flexibility index (Phi) is 6.16. The van der Waals surface area contributed by atoms with Gasteiger partial charge in [0.1, 0.15) is 0 Å². The fourth-order valence-electron chi connectivity index (χ4n) is 1.86. The topological polar surface area (TPSA) is 47.3 Å². The molecule has 1 amide bonds. The Balaban J connectivity index is 1.96. The van der Waals surface area contributed by atoms with Crippen LogP contribution in [0.4, 0.5) is 0 Å². The van der Waals surface area contributed by atoms with Crippen LogP contribution in [0.5, 0.6) is 0 Å². The summed E-state index contributed by atoms with van der Waals surface area (Å²) in [6.45, 7) is 3.30. The number of unbranched alkanes of at least 4 members (excludes halogenated alkanes) is 5. The third kappa shape index (κ3) is 5.39. The van der Waals surface area contributed by atoms with E-state index in [-0.39, 0.29) is 5.91 Å². The van der Waals surface area contributed by atoms with Gasteiger partial charge in [-0.1, -0.05) is 19.3 Å². The van der Waals surface area contributed by atoms with Gasteiger partial charge in [0.05, 0.1) is 12.7 Å². The van der Waals surface area contributed by atoms with Gasteiger partial charge in [0, 0.05) is 32.3 Å². The zero-order valence-corrected chi connectivity index (χ0v) is 10.6. The van der Waals surface area contributed by atoms with Crippen molar-refractivity contribution in [3.63, 3.8) is 0 Å². The van der Waals surface area contributed by atoms with Crippen LogP contribution in [0.2, 0.25) is 0 Å². The lowest BCUT2D eigenvalue weighted by atomic mass is 10.1. The van der Waals surface area contributed by atoms with Crippen molar-refractivity contribution in [3.05, 3.63) is 12.4 Å². The van der Waals surface area contributed by atoms with Crippen molar-refractivity contribution < 1.29 is 4.79 Å². The Morgan fingerprint density at radius 1 is 1.24 bits per heavy atom. The lowest BCUT2D eigenvalue weighted by molar-refractivity contribution is -0.126. The molecule has 1 aliphatic rings. The third-order valence-corrected chi connectivity index (χ3v) is 2.93. The summed E-state index contributed by atoms with van der Waals surface area (Å²) in [5, 5.41) is 8.39. The molecule has 0 N–H and O–H groups in total. The second-order valence-electron chi connectivity index (χ2n) is 4.42. The molecular weight excluding hydrogens is 214 g/mol. The Hall–Kier alpha value is -1.50. The van der Waals surface area contributed by atoms with E-state index in [4.69, 9.17) is 5.26 Å². The molecule has 0 saturated heterocycles. The number of nitrogens with zero attached hydrogens (tertiary/aromatic N) is 3. The minimum absolute atomic E-state index is 0.0975. The molecule has 17 heavy (non-hydrogen) atoms. The van der Waals surface area contributed by atoms with Crippen molar-refractivity contribution in [2.45, 2.75) is 45.4 Å². The number of nitriles is 1. The number of rotatable bonds is 7. The van der Waals surface area contributed by atoms with Gasteiger partial charge in [0.15, 0.2) is 0 Å². The van der Waals surface area contributed by atoms with Crippen molar-refractivity contribution in [2.75, 3.05) is 13.2 Å². The van der Waals surface area contributed by atoms with E-state index >= 15 is 0 Å². The largest absolute Gasteiger partial charge is 0.358 e. The van der Waals surface area contributed by atoms with Crippen molar-refractivity contribution in [1.29, 1.82) is 5.26 Å². The van der Waals surface area contributed by atoms with Gasteiger partial charge in [0.25, 0.3) is 0 Å². The highest BCUT2D eigenvalue weighted by Crippen LogP contribution is 2.10. The van der Waals surface area contributed by atoms with Gasteiger partial charge in [-0.05, 0) is 12.8 Å². The van der Waals surface area contributed by atoms with E-state index in [1.807, 2.05) is 12.4 Å². The summed E-state index contributed by atoms with van der Waals surface area (Å²) < 4.78 is 0. The van der Waals surface area contributed by atoms with Crippen LogP contribution >= 0.6 is 0 Å². The SMILES string of the molecule is CC(=O)N1C=CN(CCCCCCCC#N)C1. The molecule has 0 aromatic carbocycles. The molecule has 0 unspecified atom stereocenters. The summed E-state index contributed by atoms with van der Waals surface area (Å²) in [5.41, 5.74) is 0. The van der Waals surface area contributed by atoms with E-state index in [2.05, 4.69) is 11.0 Å². The smallest absolute Gasteiger partial charge is 0.224 e. The van der Waals surface area contributed by atoms with Crippen LogP contribution in [-0.4, -0.2) is 28.9 Å². The van der Waals surface area contributed by atoms with Crippen LogP contribution in [-0.2, 0) is 4.79 Å². The number of carbonyl (C=O) groups is 1. The summed E-state index contributed by atoms with van der Waals surface area (Å²) in [6.07, 6.45) is 10.3. The second-order valence-corrected chi connectivity index (χ2v) is 4.42. The molecule has 0 aromatic rings. The zero-order chi connectivity index (χ0) is 12.5. The average Bonchev–Trinajstić information content (AvgIpc) is 2.77. The highest BCUT2D eigenvalue weighted by atomic mass is 16.2. The highest BCUT2D eigenvalue weighted by molar-refractivity contribution is 5.74. The molecule has 0 radical (unpaired) electrons. The Labute approximate surface area is 103 Å². The van der Waals surface area contributed by atoms with Gasteiger partial charge in [-0.3, -0.25) is 9.69 Å². The molecule has 4 heteroatoms. The Morgan fingerprint density at radius 2 is 1.94 bits per heavy atom. The second kappa shape index (κ2) is 7.72. The van der Waals surface area contributed by atoms with E-state index in [9.17, 15) is 4.79 Å². The normalized spacial score (nSPS) is 14.1. The van der Waals surface area contributed by atoms with Crippen LogP contribution in [0.1, 0.15) is 45.4 Å².